The highest BCUT2D eigenvalue weighted by molar-refractivity contribution is 4.93. The van der Waals surface area contributed by atoms with Gasteiger partial charge in [-0.15, -0.1) is 5.10 Å². The Kier molecular flexibility index (Phi) is 11.1. The quantitative estimate of drug-likeness (QED) is 0.324. The highest BCUT2D eigenvalue weighted by Crippen LogP contribution is 2.22. The lowest BCUT2D eigenvalue weighted by Crippen LogP contribution is -2.58. The summed E-state index contributed by atoms with van der Waals surface area (Å²) in [7, 11) is 1.35. The largest absolute Gasteiger partial charge is 0.388 e. The molecule has 0 saturated carbocycles. The summed E-state index contributed by atoms with van der Waals surface area (Å²) in [6.45, 7) is 7.47. The molecule has 11 nitrogen and oxygen atoms in total. The Morgan fingerprint density at radius 3 is 2.33 bits per heavy atom. The van der Waals surface area contributed by atoms with Gasteiger partial charge in [-0.2, -0.15) is 0 Å². The highest BCUT2D eigenvalue weighted by Gasteiger charge is 2.44. The van der Waals surface area contributed by atoms with Gasteiger partial charge in [0.1, 0.15) is 30.1 Å². The summed E-state index contributed by atoms with van der Waals surface area (Å²) in [6, 6.07) is 0. The summed E-state index contributed by atoms with van der Waals surface area (Å²) in [5.41, 5.74) is 0.612. The van der Waals surface area contributed by atoms with E-state index in [0.29, 0.717) is 38.0 Å². The average molecular weight is 434 g/mol. The lowest BCUT2D eigenvalue weighted by molar-refractivity contribution is -0.292. The van der Waals surface area contributed by atoms with Gasteiger partial charge in [0.2, 0.25) is 0 Å². The molecule has 0 aliphatic carbocycles. The zero-order valence-corrected chi connectivity index (χ0v) is 17.9. The maximum atomic E-state index is 10.1. The molecule has 5 atom stereocenters. The summed E-state index contributed by atoms with van der Waals surface area (Å²) >= 11 is 0. The summed E-state index contributed by atoms with van der Waals surface area (Å²) in [5.74, 6) is 0.638. The first-order valence-electron chi connectivity index (χ1n) is 10.3. The SMILES string of the molecule is COC1OC(Cn2cc(COCCOCCOCCC(C)C)nn2)C(O)C(O)C1O. The van der Waals surface area contributed by atoms with Gasteiger partial charge < -0.3 is 39.0 Å². The van der Waals surface area contributed by atoms with E-state index in [1.165, 1.54) is 11.8 Å². The van der Waals surface area contributed by atoms with Gasteiger partial charge in [0.25, 0.3) is 0 Å². The van der Waals surface area contributed by atoms with Crippen LogP contribution in [0.15, 0.2) is 6.20 Å². The fraction of sp³-hybridized carbons (Fsp3) is 0.895. The molecule has 0 amide bonds. The second-order valence-electron chi connectivity index (χ2n) is 7.64. The molecule has 1 aromatic heterocycles. The predicted octanol–water partition coefficient (Wildman–Crippen LogP) is -0.672. The number of aliphatic hydroxyl groups is 3. The standard InChI is InChI=1S/C19H35N3O8/c1-13(2)4-5-27-6-7-28-8-9-29-12-14-10-22(21-20-14)11-15-16(23)17(24)18(25)19(26-3)30-15/h10,13,15-19,23-25H,4-9,11-12H2,1-3H3. The van der Waals surface area contributed by atoms with E-state index in [1.807, 2.05) is 0 Å². The monoisotopic (exact) mass is 433 g/mol. The van der Waals surface area contributed by atoms with Gasteiger partial charge in [0, 0.05) is 13.7 Å². The molecule has 0 radical (unpaired) electrons. The van der Waals surface area contributed by atoms with Crippen LogP contribution in [0.2, 0.25) is 0 Å². The molecule has 5 unspecified atom stereocenters. The van der Waals surface area contributed by atoms with Crippen molar-refractivity contribution in [3.63, 3.8) is 0 Å². The van der Waals surface area contributed by atoms with Crippen LogP contribution >= 0.6 is 0 Å². The minimum atomic E-state index is -1.37. The summed E-state index contributed by atoms with van der Waals surface area (Å²) < 4.78 is 28.4. The third kappa shape index (κ3) is 8.16. The maximum absolute atomic E-state index is 10.1. The molecular formula is C19H35N3O8. The lowest BCUT2D eigenvalue weighted by Gasteiger charge is -2.39. The van der Waals surface area contributed by atoms with Gasteiger partial charge >= 0.3 is 0 Å². The topological polar surface area (TPSA) is 138 Å². The van der Waals surface area contributed by atoms with Gasteiger partial charge in [-0.05, 0) is 12.3 Å². The van der Waals surface area contributed by atoms with Crippen molar-refractivity contribution < 1.29 is 39.0 Å². The van der Waals surface area contributed by atoms with Crippen LogP contribution in [0.3, 0.4) is 0 Å². The van der Waals surface area contributed by atoms with Gasteiger partial charge in [-0.3, -0.25) is 0 Å². The molecule has 0 aromatic carbocycles. The van der Waals surface area contributed by atoms with E-state index in [-0.39, 0.29) is 13.2 Å². The number of nitrogens with zero attached hydrogens (tertiary/aromatic N) is 3. The fourth-order valence-corrected chi connectivity index (χ4v) is 2.88. The molecule has 174 valence electrons. The molecule has 1 aliphatic rings. The molecule has 3 N–H and O–H groups in total. The van der Waals surface area contributed by atoms with Crippen molar-refractivity contribution >= 4 is 0 Å². The van der Waals surface area contributed by atoms with Crippen LogP contribution in [0.1, 0.15) is 26.0 Å². The summed E-state index contributed by atoms with van der Waals surface area (Å²) in [6.07, 6.45) is -3.10. The smallest absolute Gasteiger partial charge is 0.186 e. The highest BCUT2D eigenvalue weighted by atomic mass is 16.7. The minimum Gasteiger partial charge on any atom is -0.388 e. The first kappa shape index (κ1) is 25.1. The van der Waals surface area contributed by atoms with Crippen molar-refractivity contribution in [2.24, 2.45) is 5.92 Å². The Labute approximate surface area is 176 Å². The van der Waals surface area contributed by atoms with E-state index in [1.54, 1.807) is 6.20 Å². The third-order valence-electron chi connectivity index (χ3n) is 4.69. The Morgan fingerprint density at radius 1 is 1.00 bits per heavy atom. The molecule has 2 heterocycles. The first-order chi connectivity index (χ1) is 14.4. The predicted molar refractivity (Wildman–Crippen MR) is 104 cm³/mol. The van der Waals surface area contributed by atoms with Crippen LogP contribution in [-0.4, -0.2) is 101 Å². The average Bonchev–Trinajstić information content (AvgIpc) is 3.16. The second-order valence-corrected chi connectivity index (χ2v) is 7.64. The molecule has 1 aliphatic heterocycles. The van der Waals surface area contributed by atoms with Crippen LogP contribution < -0.4 is 0 Å². The van der Waals surface area contributed by atoms with E-state index in [4.69, 9.17) is 23.7 Å². The number of hydrogen-bond acceptors (Lipinski definition) is 10. The molecule has 0 spiro atoms. The van der Waals surface area contributed by atoms with Crippen molar-refractivity contribution in [1.82, 2.24) is 15.0 Å². The molecule has 30 heavy (non-hydrogen) atoms. The lowest BCUT2D eigenvalue weighted by atomic mass is 9.99. The van der Waals surface area contributed by atoms with Crippen molar-refractivity contribution in [1.29, 1.82) is 0 Å². The molecular weight excluding hydrogens is 398 g/mol. The number of aliphatic hydroxyl groups excluding tert-OH is 3. The molecule has 1 aromatic rings. The van der Waals surface area contributed by atoms with E-state index in [0.717, 1.165) is 13.0 Å². The van der Waals surface area contributed by atoms with Crippen LogP contribution in [-0.2, 0) is 36.8 Å². The Balaban J connectivity index is 1.60. The zero-order valence-electron chi connectivity index (χ0n) is 17.9. The second kappa shape index (κ2) is 13.3. The molecule has 0 bridgehead atoms. The van der Waals surface area contributed by atoms with Crippen LogP contribution in [0.25, 0.3) is 0 Å². The molecule has 1 saturated heterocycles. The van der Waals surface area contributed by atoms with Crippen LogP contribution in [0.4, 0.5) is 0 Å². The van der Waals surface area contributed by atoms with Gasteiger partial charge in [0.05, 0.1) is 45.8 Å². The third-order valence-corrected chi connectivity index (χ3v) is 4.69. The Morgan fingerprint density at radius 2 is 1.67 bits per heavy atom. The fourth-order valence-electron chi connectivity index (χ4n) is 2.88. The number of hydrogen-bond donors (Lipinski definition) is 3. The van der Waals surface area contributed by atoms with Crippen molar-refractivity contribution in [3.8, 4) is 0 Å². The molecule has 2 rings (SSSR count). The normalized spacial score (nSPS) is 27.1. The Hall–Kier alpha value is -1.18. The van der Waals surface area contributed by atoms with Gasteiger partial charge in [0.15, 0.2) is 6.29 Å². The van der Waals surface area contributed by atoms with Crippen molar-refractivity contribution in [2.45, 2.75) is 64.1 Å². The molecule has 11 heteroatoms. The molecule has 1 fully saturated rings. The van der Waals surface area contributed by atoms with E-state index in [9.17, 15) is 15.3 Å². The van der Waals surface area contributed by atoms with Crippen molar-refractivity contribution in [3.05, 3.63) is 11.9 Å². The number of ether oxygens (including phenoxy) is 5. The van der Waals surface area contributed by atoms with Gasteiger partial charge in [-0.1, -0.05) is 19.1 Å². The van der Waals surface area contributed by atoms with E-state index >= 15 is 0 Å². The van der Waals surface area contributed by atoms with Crippen LogP contribution in [0.5, 0.6) is 0 Å². The van der Waals surface area contributed by atoms with Gasteiger partial charge in [-0.25, -0.2) is 4.68 Å². The first-order valence-corrected chi connectivity index (χ1v) is 10.3. The number of aromatic nitrogens is 3. The Bertz CT molecular complexity index is 586. The number of methoxy groups -OCH3 is 1. The van der Waals surface area contributed by atoms with Crippen molar-refractivity contribution in [2.75, 3.05) is 40.1 Å². The summed E-state index contributed by atoms with van der Waals surface area (Å²) in [5, 5.41) is 37.8. The van der Waals surface area contributed by atoms with E-state index in [2.05, 4.69) is 24.2 Å². The zero-order chi connectivity index (χ0) is 21.9. The number of rotatable bonds is 14. The van der Waals surface area contributed by atoms with E-state index < -0.39 is 30.7 Å². The summed E-state index contributed by atoms with van der Waals surface area (Å²) in [4.78, 5) is 0. The van der Waals surface area contributed by atoms with Crippen LogP contribution in [0, 0.1) is 5.92 Å². The minimum absolute atomic E-state index is 0.137. The maximum Gasteiger partial charge on any atom is 0.186 e.